The summed E-state index contributed by atoms with van der Waals surface area (Å²) in [5, 5.41) is 2.80. The predicted octanol–water partition coefficient (Wildman–Crippen LogP) is 2.57. The summed E-state index contributed by atoms with van der Waals surface area (Å²) in [6.45, 7) is 5.32. The molecule has 3 nitrogen and oxygen atoms in total. The molecule has 1 amide bonds. The van der Waals surface area contributed by atoms with E-state index >= 15 is 0 Å². The second kappa shape index (κ2) is 6.60. The van der Waals surface area contributed by atoms with Crippen molar-refractivity contribution in [2.45, 2.75) is 44.9 Å². The average molecular weight is 262 g/mol. The smallest absolute Gasteiger partial charge is 0.223 e. The number of carbonyl (C=O) groups excluding carboxylic acids is 1. The van der Waals surface area contributed by atoms with Crippen molar-refractivity contribution in [1.82, 2.24) is 5.32 Å². The van der Waals surface area contributed by atoms with E-state index in [2.05, 4.69) is 19.2 Å². The molecule has 4 heteroatoms. The van der Waals surface area contributed by atoms with Gasteiger partial charge in [-0.05, 0) is 18.3 Å². The van der Waals surface area contributed by atoms with Crippen LogP contribution in [0.2, 0.25) is 0 Å². The van der Waals surface area contributed by atoms with Crippen molar-refractivity contribution in [3.05, 3.63) is 0 Å². The molecule has 0 radical (unpaired) electrons. The number of hydrogen-bond donors (Lipinski definition) is 1. The Kier molecular flexibility index (Phi) is 5.74. The molecule has 1 N–H and O–H groups in total. The van der Waals surface area contributed by atoms with E-state index < -0.39 is 0 Å². The number of ether oxygens (including phenoxy) is 1. The van der Waals surface area contributed by atoms with Crippen molar-refractivity contribution in [3.63, 3.8) is 0 Å². The summed E-state index contributed by atoms with van der Waals surface area (Å²) in [5.41, 5.74) is 0.116. The summed E-state index contributed by atoms with van der Waals surface area (Å²) in [6, 6.07) is 0. The van der Waals surface area contributed by atoms with Crippen LogP contribution in [0.5, 0.6) is 0 Å². The molecular weight excluding hydrogens is 238 g/mol. The van der Waals surface area contributed by atoms with Crippen molar-refractivity contribution >= 4 is 17.5 Å². The highest BCUT2D eigenvalue weighted by atomic mass is 35.5. The van der Waals surface area contributed by atoms with Crippen LogP contribution in [-0.4, -0.2) is 31.5 Å². The third-order valence-electron chi connectivity index (χ3n) is 3.67. The van der Waals surface area contributed by atoms with Crippen LogP contribution in [0.15, 0.2) is 0 Å². The summed E-state index contributed by atoms with van der Waals surface area (Å²) in [6.07, 6.45) is 4.52. The van der Waals surface area contributed by atoms with Crippen molar-refractivity contribution < 1.29 is 9.53 Å². The van der Waals surface area contributed by atoms with Crippen molar-refractivity contribution in [1.29, 1.82) is 0 Å². The van der Waals surface area contributed by atoms with E-state index in [1.807, 2.05) is 0 Å². The van der Waals surface area contributed by atoms with Crippen molar-refractivity contribution in [2.24, 2.45) is 11.3 Å². The van der Waals surface area contributed by atoms with Gasteiger partial charge in [0, 0.05) is 19.6 Å². The molecule has 0 aromatic carbocycles. The molecule has 2 unspecified atom stereocenters. The number of amides is 1. The first-order chi connectivity index (χ1) is 7.97. The van der Waals surface area contributed by atoms with E-state index in [9.17, 15) is 4.79 Å². The molecule has 1 saturated carbocycles. The Hall–Kier alpha value is -0.280. The van der Waals surface area contributed by atoms with Gasteiger partial charge in [-0.1, -0.05) is 26.7 Å². The molecule has 1 aliphatic carbocycles. The van der Waals surface area contributed by atoms with Crippen LogP contribution in [0.3, 0.4) is 0 Å². The Morgan fingerprint density at radius 1 is 1.53 bits per heavy atom. The minimum absolute atomic E-state index is 0.116. The highest BCUT2D eigenvalue weighted by Gasteiger charge is 2.36. The number of methoxy groups -OCH3 is 1. The molecular formula is C13H24ClNO2. The van der Waals surface area contributed by atoms with Gasteiger partial charge in [-0.3, -0.25) is 4.79 Å². The van der Waals surface area contributed by atoms with E-state index in [0.717, 1.165) is 19.3 Å². The third kappa shape index (κ3) is 4.47. The molecule has 1 aliphatic rings. The number of carbonyl (C=O) groups is 1. The topological polar surface area (TPSA) is 38.3 Å². The lowest BCUT2D eigenvalue weighted by atomic mass is 9.68. The summed E-state index contributed by atoms with van der Waals surface area (Å²) < 4.78 is 4.94. The molecule has 0 aromatic rings. The summed E-state index contributed by atoms with van der Waals surface area (Å²) in [5.74, 6) is 0.277. The first-order valence-electron chi connectivity index (χ1n) is 6.38. The molecule has 100 valence electrons. The standard InChI is InChI=1S/C13H24ClNO2/c1-13(2)7-5-4-6-11(13)12(16)15-8-10(14)9-17-3/h10-11H,4-9H2,1-3H3,(H,15,16). The SMILES string of the molecule is COCC(Cl)CNC(=O)C1CCCCC1(C)C. The normalized spacial score (nSPS) is 25.3. The zero-order valence-electron chi connectivity index (χ0n) is 11.1. The Morgan fingerprint density at radius 3 is 2.82 bits per heavy atom. The first kappa shape index (κ1) is 14.8. The number of rotatable bonds is 5. The predicted molar refractivity (Wildman–Crippen MR) is 70.3 cm³/mol. The Balaban J connectivity index is 2.41. The molecule has 1 fully saturated rings. The number of nitrogens with one attached hydrogen (secondary N) is 1. The monoisotopic (exact) mass is 261 g/mol. The molecule has 0 bridgehead atoms. The van der Waals surface area contributed by atoms with Crippen LogP contribution < -0.4 is 5.32 Å². The van der Waals surface area contributed by atoms with Crippen LogP contribution in [0.25, 0.3) is 0 Å². The molecule has 1 rings (SSSR count). The van der Waals surface area contributed by atoms with Gasteiger partial charge in [0.05, 0.1) is 12.0 Å². The largest absolute Gasteiger partial charge is 0.383 e. The van der Waals surface area contributed by atoms with E-state index in [-0.39, 0.29) is 22.6 Å². The number of halogens is 1. The zero-order valence-corrected chi connectivity index (χ0v) is 11.8. The lowest BCUT2D eigenvalue weighted by Crippen LogP contribution is -2.43. The van der Waals surface area contributed by atoms with Crippen LogP contribution in [0.1, 0.15) is 39.5 Å². The molecule has 0 saturated heterocycles. The lowest BCUT2D eigenvalue weighted by Gasteiger charge is -2.37. The summed E-state index contributed by atoms with van der Waals surface area (Å²) >= 11 is 6.00. The van der Waals surface area contributed by atoms with Crippen LogP contribution in [-0.2, 0) is 9.53 Å². The van der Waals surface area contributed by atoms with E-state index in [1.54, 1.807) is 7.11 Å². The molecule has 2 atom stereocenters. The Morgan fingerprint density at radius 2 is 2.24 bits per heavy atom. The van der Waals surface area contributed by atoms with Gasteiger partial charge in [0.15, 0.2) is 0 Å². The van der Waals surface area contributed by atoms with Crippen molar-refractivity contribution in [3.8, 4) is 0 Å². The second-order valence-electron chi connectivity index (χ2n) is 5.58. The summed E-state index contributed by atoms with van der Waals surface area (Å²) in [4.78, 5) is 12.1. The second-order valence-corrected chi connectivity index (χ2v) is 6.20. The molecule has 17 heavy (non-hydrogen) atoms. The maximum Gasteiger partial charge on any atom is 0.223 e. The van der Waals surface area contributed by atoms with Gasteiger partial charge in [-0.25, -0.2) is 0 Å². The van der Waals surface area contributed by atoms with Gasteiger partial charge < -0.3 is 10.1 Å². The van der Waals surface area contributed by atoms with Crippen LogP contribution in [0, 0.1) is 11.3 Å². The highest BCUT2D eigenvalue weighted by molar-refractivity contribution is 6.21. The fourth-order valence-corrected chi connectivity index (χ4v) is 2.76. The summed E-state index contributed by atoms with van der Waals surface area (Å²) in [7, 11) is 1.61. The van der Waals surface area contributed by atoms with Crippen LogP contribution in [0.4, 0.5) is 0 Å². The van der Waals surface area contributed by atoms with Gasteiger partial charge in [0.25, 0.3) is 0 Å². The van der Waals surface area contributed by atoms with Gasteiger partial charge >= 0.3 is 0 Å². The van der Waals surface area contributed by atoms with Crippen LogP contribution >= 0.6 is 11.6 Å². The molecule has 0 aliphatic heterocycles. The van der Waals surface area contributed by atoms with Gasteiger partial charge in [-0.2, -0.15) is 0 Å². The maximum atomic E-state index is 12.1. The van der Waals surface area contributed by atoms with E-state index in [1.165, 1.54) is 6.42 Å². The maximum absolute atomic E-state index is 12.1. The Bertz CT molecular complexity index is 256. The van der Waals surface area contributed by atoms with E-state index in [4.69, 9.17) is 16.3 Å². The minimum atomic E-state index is -0.143. The van der Waals surface area contributed by atoms with Crippen molar-refractivity contribution in [2.75, 3.05) is 20.3 Å². The Labute approximate surface area is 109 Å². The molecule has 0 spiro atoms. The fourth-order valence-electron chi connectivity index (χ4n) is 2.55. The average Bonchev–Trinajstić information content (AvgIpc) is 2.26. The molecule has 0 heterocycles. The first-order valence-corrected chi connectivity index (χ1v) is 6.81. The lowest BCUT2D eigenvalue weighted by molar-refractivity contribution is -0.130. The van der Waals surface area contributed by atoms with E-state index in [0.29, 0.717) is 13.2 Å². The highest BCUT2D eigenvalue weighted by Crippen LogP contribution is 2.40. The number of hydrogen-bond acceptors (Lipinski definition) is 2. The van der Waals surface area contributed by atoms with Gasteiger partial charge in [-0.15, -0.1) is 11.6 Å². The third-order valence-corrected chi connectivity index (χ3v) is 3.95. The quantitative estimate of drug-likeness (QED) is 0.773. The zero-order chi connectivity index (χ0) is 12.9. The van der Waals surface area contributed by atoms with Gasteiger partial charge in [0.1, 0.15) is 0 Å². The fraction of sp³-hybridized carbons (Fsp3) is 0.923. The minimum Gasteiger partial charge on any atom is -0.383 e. The number of alkyl halides is 1. The molecule has 0 aromatic heterocycles. The van der Waals surface area contributed by atoms with Gasteiger partial charge in [0.2, 0.25) is 5.91 Å².